The molecule has 0 aliphatic carbocycles. The van der Waals surface area contributed by atoms with Gasteiger partial charge in [0, 0.05) is 37.9 Å². The van der Waals surface area contributed by atoms with Crippen LogP contribution in [-0.2, 0) is 11.2 Å². The van der Waals surface area contributed by atoms with Crippen LogP contribution in [0.25, 0.3) is 21.7 Å². The number of fused-ring (bicyclic) bond motifs is 3. The highest BCUT2D eigenvalue weighted by atomic mass is 16.5. The monoisotopic (exact) mass is 444 g/mol. The van der Waals surface area contributed by atoms with Gasteiger partial charge >= 0.3 is 0 Å². The summed E-state index contributed by atoms with van der Waals surface area (Å²) >= 11 is 0. The van der Waals surface area contributed by atoms with E-state index in [1.165, 1.54) is 0 Å². The maximum absolute atomic E-state index is 13.4. The lowest BCUT2D eigenvalue weighted by atomic mass is 9.96. The van der Waals surface area contributed by atoms with E-state index in [0.717, 1.165) is 28.3 Å². The number of nitrogens with zero attached hydrogens (tertiary/aromatic N) is 3. The number of nitrogens with one attached hydrogen (secondary N) is 1. The van der Waals surface area contributed by atoms with Crippen LogP contribution in [0.2, 0.25) is 0 Å². The Hall–Kier alpha value is -3.58. The number of amides is 1. The molecule has 170 valence electrons. The van der Waals surface area contributed by atoms with Crippen molar-refractivity contribution in [2.24, 2.45) is 0 Å². The van der Waals surface area contributed by atoms with E-state index in [1.807, 2.05) is 50.2 Å². The molecule has 2 aromatic carbocycles. The summed E-state index contributed by atoms with van der Waals surface area (Å²) in [5.41, 5.74) is 3.01. The Morgan fingerprint density at radius 1 is 1.12 bits per heavy atom. The summed E-state index contributed by atoms with van der Waals surface area (Å²) < 4.78 is 7.15. The first kappa shape index (κ1) is 22.6. The van der Waals surface area contributed by atoms with Crippen molar-refractivity contribution in [1.82, 2.24) is 19.9 Å². The number of pyridine rings is 1. The Morgan fingerprint density at radius 2 is 1.91 bits per heavy atom. The molecule has 0 fully saturated rings. The largest absolute Gasteiger partial charge is 0.382 e. The number of aromatic nitrogens is 3. The maximum Gasteiger partial charge on any atom is 0.269 e. The van der Waals surface area contributed by atoms with Crippen LogP contribution in [0.3, 0.4) is 0 Å². The third-order valence-electron chi connectivity index (χ3n) is 5.92. The van der Waals surface area contributed by atoms with Gasteiger partial charge in [-0.2, -0.15) is 0 Å². The van der Waals surface area contributed by atoms with E-state index in [2.05, 4.69) is 15.3 Å². The van der Waals surface area contributed by atoms with Crippen LogP contribution < -0.4 is 10.9 Å². The Morgan fingerprint density at radius 3 is 2.61 bits per heavy atom. The molecule has 1 amide bonds. The number of ether oxygens (including phenoxy) is 1. The zero-order valence-electron chi connectivity index (χ0n) is 19.2. The first-order valence-electron chi connectivity index (χ1n) is 11.2. The molecule has 1 atom stereocenters. The second kappa shape index (κ2) is 9.92. The molecule has 1 N–H and O–H groups in total. The van der Waals surface area contributed by atoms with Gasteiger partial charge in [0.1, 0.15) is 5.69 Å². The van der Waals surface area contributed by atoms with Crippen LogP contribution in [0, 0.1) is 0 Å². The number of carbonyl (C=O) groups excluding carboxylic acids is 1. The van der Waals surface area contributed by atoms with Crippen LogP contribution in [0.15, 0.2) is 59.8 Å². The number of hydrogen-bond donors (Lipinski definition) is 1. The Bertz CT molecular complexity index is 1350. The molecule has 0 radical (unpaired) electrons. The van der Waals surface area contributed by atoms with Gasteiger partial charge in [0.2, 0.25) is 0 Å². The molecule has 7 nitrogen and oxygen atoms in total. The fourth-order valence-electron chi connectivity index (χ4n) is 4.06. The molecule has 2 heterocycles. The summed E-state index contributed by atoms with van der Waals surface area (Å²) in [6.07, 6.45) is 4.69. The normalized spacial score (nSPS) is 12.2. The standard InChI is InChI=1S/C26H28N4O3/c1-4-33-12-11-17(2)30-16-29-24-21-8-6-5-7-20(21)19(14-22(24)26(30)32)13-18-9-10-23(28-15-18)25(31)27-3/h5-10,14-17H,4,11-13H2,1-3H3,(H,27,31)/t17-/m0/s1. The molecule has 0 saturated carbocycles. The molecule has 0 saturated heterocycles. The summed E-state index contributed by atoms with van der Waals surface area (Å²) in [6.45, 7) is 5.23. The van der Waals surface area contributed by atoms with E-state index in [9.17, 15) is 9.59 Å². The maximum atomic E-state index is 13.4. The van der Waals surface area contributed by atoms with Crippen molar-refractivity contribution in [3.05, 3.63) is 82.2 Å². The Kier molecular flexibility index (Phi) is 6.79. The predicted molar refractivity (Wildman–Crippen MR) is 130 cm³/mol. The van der Waals surface area contributed by atoms with Crippen molar-refractivity contribution in [3.8, 4) is 0 Å². The van der Waals surface area contributed by atoms with Crippen molar-refractivity contribution in [2.45, 2.75) is 32.7 Å². The number of carbonyl (C=O) groups is 1. The van der Waals surface area contributed by atoms with Crippen molar-refractivity contribution in [3.63, 3.8) is 0 Å². The molecule has 0 aliphatic rings. The van der Waals surface area contributed by atoms with Crippen LogP contribution in [0.4, 0.5) is 0 Å². The fourth-order valence-corrected chi connectivity index (χ4v) is 4.06. The lowest BCUT2D eigenvalue weighted by Crippen LogP contribution is -2.24. The summed E-state index contributed by atoms with van der Waals surface area (Å²) in [5.74, 6) is -0.220. The lowest BCUT2D eigenvalue weighted by molar-refractivity contribution is 0.0958. The molecule has 4 rings (SSSR count). The zero-order valence-corrected chi connectivity index (χ0v) is 19.2. The number of benzene rings is 2. The van der Waals surface area contributed by atoms with Gasteiger partial charge in [0.15, 0.2) is 0 Å². The van der Waals surface area contributed by atoms with E-state index in [1.54, 1.807) is 30.2 Å². The van der Waals surface area contributed by atoms with Crippen molar-refractivity contribution in [2.75, 3.05) is 20.3 Å². The molecular formula is C26H28N4O3. The summed E-state index contributed by atoms with van der Waals surface area (Å²) in [4.78, 5) is 34.2. The van der Waals surface area contributed by atoms with E-state index in [4.69, 9.17) is 4.74 Å². The highest BCUT2D eigenvalue weighted by Crippen LogP contribution is 2.28. The van der Waals surface area contributed by atoms with Crippen LogP contribution in [-0.4, -0.2) is 40.7 Å². The average molecular weight is 445 g/mol. The average Bonchev–Trinajstić information content (AvgIpc) is 2.84. The SMILES string of the molecule is CCOCC[C@H](C)n1cnc2c(cc(Cc3ccc(C(=O)NC)nc3)c3ccccc32)c1=O. The number of rotatable bonds is 8. The highest BCUT2D eigenvalue weighted by Gasteiger charge is 2.15. The first-order chi connectivity index (χ1) is 16.0. The van der Waals surface area contributed by atoms with Crippen molar-refractivity contribution in [1.29, 1.82) is 0 Å². The second-order valence-corrected chi connectivity index (χ2v) is 8.08. The van der Waals surface area contributed by atoms with E-state index < -0.39 is 0 Å². The molecule has 0 bridgehead atoms. The van der Waals surface area contributed by atoms with Gasteiger partial charge in [0.25, 0.3) is 11.5 Å². The van der Waals surface area contributed by atoms with Gasteiger partial charge in [-0.15, -0.1) is 0 Å². The lowest BCUT2D eigenvalue weighted by Gasteiger charge is -2.16. The summed E-state index contributed by atoms with van der Waals surface area (Å²) in [7, 11) is 1.58. The minimum absolute atomic E-state index is 0.0164. The van der Waals surface area contributed by atoms with Crippen LogP contribution >= 0.6 is 0 Å². The van der Waals surface area contributed by atoms with Gasteiger partial charge in [-0.3, -0.25) is 19.1 Å². The van der Waals surface area contributed by atoms with Crippen molar-refractivity contribution < 1.29 is 9.53 Å². The molecule has 0 aliphatic heterocycles. The van der Waals surface area contributed by atoms with Crippen LogP contribution in [0.1, 0.15) is 47.9 Å². The van der Waals surface area contributed by atoms with E-state index in [0.29, 0.717) is 36.2 Å². The van der Waals surface area contributed by atoms with Gasteiger partial charge in [-0.1, -0.05) is 30.3 Å². The minimum Gasteiger partial charge on any atom is -0.382 e. The third-order valence-corrected chi connectivity index (χ3v) is 5.92. The first-order valence-corrected chi connectivity index (χ1v) is 11.2. The molecule has 7 heteroatoms. The predicted octanol–water partition coefficient (Wildman–Crippen LogP) is 3.88. The third kappa shape index (κ3) is 4.64. The van der Waals surface area contributed by atoms with E-state index in [-0.39, 0.29) is 17.5 Å². The van der Waals surface area contributed by atoms with Gasteiger partial charge < -0.3 is 10.1 Å². The molecule has 33 heavy (non-hydrogen) atoms. The molecule has 4 aromatic rings. The summed E-state index contributed by atoms with van der Waals surface area (Å²) in [6, 6.07) is 13.5. The second-order valence-electron chi connectivity index (χ2n) is 8.08. The smallest absolute Gasteiger partial charge is 0.269 e. The summed E-state index contributed by atoms with van der Waals surface area (Å²) in [5, 5.41) is 5.18. The topological polar surface area (TPSA) is 86.1 Å². The van der Waals surface area contributed by atoms with Gasteiger partial charge in [0.05, 0.1) is 17.2 Å². The highest BCUT2D eigenvalue weighted by molar-refractivity contribution is 6.06. The Balaban J connectivity index is 1.77. The van der Waals surface area contributed by atoms with Gasteiger partial charge in [-0.05, 0) is 55.3 Å². The fraction of sp³-hybridized carbons (Fsp3) is 0.308. The molecule has 0 unspecified atom stereocenters. The Labute approximate surface area is 192 Å². The van der Waals surface area contributed by atoms with Crippen molar-refractivity contribution >= 4 is 27.6 Å². The van der Waals surface area contributed by atoms with E-state index >= 15 is 0 Å². The molecular weight excluding hydrogens is 416 g/mol. The number of hydrogen-bond acceptors (Lipinski definition) is 5. The quantitative estimate of drug-likeness (QED) is 0.329. The minimum atomic E-state index is -0.220. The molecule has 0 spiro atoms. The van der Waals surface area contributed by atoms with Crippen LogP contribution in [0.5, 0.6) is 0 Å². The van der Waals surface area contributed by atoms with Gasteiger partial charge in [-0.25, -0.2) is 4.98 Å². The zero-order chi connectivity index (χ0) is 23.4. The molecule has 2 aromatic heterocycles.